The molecule has 1 aromatic carbocycles. The molecule has 2 nitrogen and oxygen atoms in total. The number of unbranched alkanes of at least 4 members (excludes halogenated alkanes) is 7. The summed E-state index contributed by atoms with van der Waals surface area (Å²) in [6, 6.07) is 3.49. The molecule has 1 amide bonds. The fourth-order valence-electron chi connectivity index (χ4n) is 2.48. The summed E-state index contributed by atoms with van der Waals surface area (Å²) in [5.74, 6) is -2.18. The average Bonchev–Trinajstić information content (AvgIpc) is 2.49. The normalized spacial score (nSPS) is 10.7. The summed E-state index contributed by atoms with van der Waals surface area (Å²) in [6.45, 7) is 2.73. The molecule has 4 heteroatoms. The molecule has 0 aliphatic carbocycles. The largest absolute Gasteiger partial charge is 0.342 e. The van der Waals surface area contributed by atoms with Crippen molar-refractivity contribution in [3.8, 4) is 0 Å². The molecule has 0 spiro atoms. The third-order valence-corrected chi connectivity index (χ3v) is 3.87. The van der Waals surface area contributed by atoms with Gasteiger partial charge < -0.3 is 4.90 Å². The molecule has 0 radical (unpaired) electrons. The Hall–Kier alpha value is -1.45. The maximum absolute atomic E-state index is 13.6. The lowest BCUT2D eigenvalue weighted by Crippen LogP contribution is -2.29. The molecule has 1 aromatic rings. The van der Waals surface area contributed by atoms with Gasteiger partial charge in [-0.05, 0) is 18.6 Å². The zero-order valence-electron chi connectivity index (χ0n) is 13.7. The lowest BCUT2D eigenvalue weighted by Gasteiger charge is -2.17. The van der Waals surface area contributed by atoms with E-state index in [-0.39, 0.29) is 0 Å². The van der Waals surface area contributed by atoms with E-state index in [4.69, 9.17) is 0 Å². The van der Waals surface area contributed by atoms with E-state index in [0.717, 1.165) is 31.4 Å². The van der Waals surface area contributed by atoms with Crippen LogP contribution in [-0.2, 0) is 0 Å². The summed E-state index contributed by atoms with van der Waals surface area (Å²) in [4.78, 5) is 13.5. The Morgan fingerprint density at radius 3 is 2.00 bits per heavy atom. The van der Waals surface area contributed by atoms with Gasteiger partial charge in [0.25, 0.3) is 5.91 Å². The Kier molecular flexibility index (Phi) is 8.71. The van der Waals surface area contributed by atoms with Crippen molar-refractivity contribution in [3.63, 3.8) is 0 Å². The van der Waals surface area contributed by atoms with E-state index in [1.165, 1.54) is 43.1 Å². The molecule has 0 unspecified atom stereocenters. The minimum absolute atomic E-state index is 0.454. The number of benzene rings is 1. The molecule has 0 aromatic heterocycles. The molecule has 0 saturated heterocycles. The van der Waals surface area contributed by atoms with Gasteiger partial charge in [-0.3, -0.25) is 4.79 Å². The number of hydrogen-bond donors (Lipinski definition) is 0. The van der Waals surface area contributed by atoms with Gasteiger partial charge in [-0.2, -0.15) is 0 Å². The summed E-state index contributed by atoms with van der Waals surface area (Å²) in [5, 5.41) is 0. The maximum Gasteiger partial charge on any atom is 0.259 e. The first kappa shape index (κ1) is 18.6. The van der Waals surface area contributed by atoms with Gasteiger partial charge in [0.2, 0.25) is 0 Å². The third-order valence-electron chi connectivity index (χ3n) is 3.87. The van der Waals surface area contributed by atoms with Gasteiger partial charge in [0.05, 0.1) is 0 Å². The second-order valence-electron chi connectivity index (χ2n) is 5.80. The summed E-state index contributed by atoms with van der Waals surface area (Å²) in [5.41, 5.74) is -0.454. The van der Waals surface area contributed by atoms with Gasteiger partial charge in [-0.1, -0.05) is 57.9 Å². The molecule has 0 aliphatic rings. The molecule has 0 bridgehead atoms. The minimum Gasteiger partial charge on any atom is -0.342 e. The number of halogens is 2. The van der Waals surface area contributed by atoms with Gasteiger partial charge >= 0.3 is 0 Å². The predicted molar refractivity (Wildman–Crippen MR) is 85.9 cm³/mol. The van der Waals surface area contributed by atoms with Crippen LogP contribution in [0.4, 0.5) is 8.78 Å². The van der Waals surface area contributed by atoms with Crippen molar-refractivity contribution < 1.29 is 13.6 Å². The van der Waals surface area contributed by atoms with Crippen LogP contribution in [0.1, 0.15) is 68.6 Å². The topological polar surface area (TPSA) is 20.3 Å². The van der Waals surface area contributed by atoms with Crippen molar-refractivity contribution in [1.82, 2.24) is 4.90 Å². The first-order valence-electron chi connectivity index (χ1n) is 8.27. The van der Waals surface area contributed by atoms with Crippen LogP contribution in [0, 0.1) is 11.6 Å². The number of nitrogens with zero attached hydrogens (tertiary/aromatic N) is 1. The van der Waals surface area contributed by atoms with Crippen molar-refractivity contribution in [1.29, 1.82) is 0 Å². The van der Waals surface area contributed by atoms with E-state index in [9.17, 15) is 13.6 Å². The predicted octanol–water partition coefficient (Wildman–Crippen LogP) is 5.18. The van der Waals surface area contributed by atoms with Crippen LogP contribution in [0.25, 0.3) is 0 Å². The molecule has 0 saturated carbocycles. The van der Waals surface area contributed by atoms with Crippen LogP contribution < -0.4 is 0 Å². The number of amides is 1. The van der Waals surface area contributed by atoms with Crippen molar-refractivity contribution in [2.75, 3.05) is 13.6 Å². The maximum atomic E-state index is 13.6. The summed E-state index contributed by atoms with van der Waals surface area (Å²) >= 11 is 0. The Morgan fingerprint density at radius 2 is 1.45 bits per heavy atom. The zero-order valence-corrected chi connectivity index (χ0v) is 13.7. The van der Waals surface area contributed by atoms with E-state index in [1.807, 2.05) is 0 Å². The molecule has 0 fully saturated rings. The monoisotopic (exact) mass is 311 g/mol. The fraction of sp³-hybridized carbons (Fsp3) is 0.611. The molecule has 124 valence electrons. The number of rotatable bonds is 10. The van der Waals surface area contributed by atoms with Gasteiger partial charge in [0.1, 0.15) is 17.2 Å². The second kappa shape index (κ2) is 10.3. The summed E-state index contributed by atoms with van der Waals surface area (Å²) in [6.07, 6.45) is 9.39. The first-order chi connectivity index (χ1) is 10.6. The Balaban J connectivity index is 2.28. The zero-order chi connectivity index (χ0) is 16.4. The van der Waals surface area contributed by atoms with Crippen LogP contribution in [0.3, 0.4) is 0 Å². The lowest BCUT2D eigenvalue weighted by atomic mass is 10.1. The van der Waals surface area contributed by atoms with Crippen molar-refractivity contribution in [2.45, 2.75) is 58.3 Å². The summed E-state index contributed by atoms with van der Waals surface area (Å²) in [7, 11) is 1.59. The van der Waals surface area contributed by atoms with E-state index in [2.05, 4.69) is 6.92 Å². The highest BCUT2D eigenvalue weighted by molar-refractivity contribution is 5.94. The number of carbonyl (C=O) groups excluding carboxylic acids is 1. The highest BCUT2D eigenvalue weighted by Gasteiger charge is 2.20. The molecule has 0 atom stereocenters. The number of hydrogen-bond acceptors (Lipinski definition) is 1. The van der Waals surface area contributed by atoms with Crippen LogP contribution >= 0.6 is 0 Å². The van der Waals surface area contributed by atoms with Gasteiger partial charge in [-0.15, -0.1) is 0 Å². The average molecular weight is 311 g/mol. The summed E-state index contributed by atoms with van der Waals surface area (Å²) < 4.78 is 27.1. The first-order valence-corrected chi connectivity index (χ1v) is 8.27. The molecule has 0 aliphatic heterocycles. The van der Waals surface area contributed by atoms with Gasteiger partial charge in [0, 0.05) is 13.6 Å². The molecular formula is C18H27F2NO. The van der Waals surface area contributed by atoms with Crippen LogP contribution in [0.15, 0.2) is 18.2 Å². The highest BCUT2D eigenvalue weighted by atomic mass is 19.1. The van der Waals surface area contributed by atoms with Crippen molar-refractivity contribution in [3.05, 3.63) is 35.4 Å². The van der Waals surface area contributed by atoms with Crippen LogP contribution in [0.2, 0.25) is 0 Å². The molecule has 22 heavy (non-hydrogen) atoms. The molecule has 0 N–H and O–H groups in total. The Bertz CT molecular complexity index is 442. The third kappa shape index (κ3) is 6.12. The minimum atomic E-state index is -0.798. The smallest absolute Gasteiger partial charge is 0.259 e. The molecule has 1 rings (SSSR count). The van der Waals surface area contributed by atoms with Crippen LogP contribution in [0.5, 0.6) is 0 Å². The number of carbonyl (C=O) groups is 1. The molecular weight excluding hydrogens is 284 g/mol. The molecule has 0 heterocycles. The van der Waals surface area contributed by atoms with E-state index in [1.54, 1.807) is 7.05 Å². The van der Waals surface area contributed by atoms with Crippen LogP contribution in [-0.4, -0.2) is 24.4 Å². The van der Waals surface area contributed by atoms with Gasteiger partial charge in [-0.25, -0.2) is 8.78 Å². The fourth-order valence-corrected chi connectivity index (χ4v) is 2.48. The van der Waals surface area contributed by atoms with E-state index < -0.39 is 23.1 Å². The van der Waals surface area contributed by atoms with E-state index in [0.29, 0.717) is 6.54 Å². The van der Waals surface area contributed by atoms with Crippen molar-refractivity contribution >= 4 is 5.91 Å². The SMILES string of the molecule is CCCCCCCCCCN(C)C(=O)c1c(F)cccc1F. The van der Waals surface area contributed by atoms with E-state index >= 15 is 0 Å². The van der Waals surface area contributed by atoms with Crippen molar-refractivity contribution in [2.24, 2.45) is 0 Å². The Morgan fingerprint density at radius 1 is 0.955 bits per heavy atom. The standard InChI is InChI=1S/C18H27F2NO/c1-3-4-5-6-7-8-9-10-14-21(2)18(22)17-15(19)12-11-13-16(17)20/h11-13H,3-10,14H2,1-2H3. The lowest BCUT2D eigenvalue weighted by molar-refractivity contribution is 0.0783. The quantitative estimate of drug-likeness (QED) is 0.545. The Labute approximate surface area is 132 Å². The van der Waals surface area contributed by atoms with Gasteiger partial charge in [0.15, 0.2) is 0 Å². The second-order valence-corrected chi connectivity index (χ2v) is 5.80. The highest BCUT2D eigenvalue weighted by Crippen LogP contribution is 2.15.